The van der Waals surface area contributed by atoms with Gasteiger partial charge in [-0.25, -0.2) is 0 Å². The van der Waals surface area contributed by atoms with Gasteiger partial charge < -0.3 is 5.21 Å². The molecule has 0 amide bonds. The minimum Gasteiger partial charge on any atom is -0.428 e. The van der Waals surface area contributed by atoms with Crippen molar-refractivity contribution >= 4 is 11.0 Å². The van der Waals surface area contributed by atoms with Crippen molar-refractivity contribution < 1.29 is 9.63 Å². The molecule has 0 saturated heterocycles. The number of nitrogens with zero attached hydrogens (tertiary/aromatic N) is 2. The van der Waals surface area contributed by atoms with E-state index in [1.54, 1.807) is 38.1 Å². The van der Waals surface area contributed by atoms with Gasteiger partial charge in [0.15, 0.2) is 5.52 Å². The maximum absolute atomic E-state index is 11.7. The van der Waals surface area contributed by atoms with Crippen LogP contribution in [0.25, 0.3) is 11.0 Å². The van der Waals surface area contributed by atoms with Crippen molar-refractivity contribution in [2.45, 2.75) is 13.8 Å². The average Bonchev–Trinajstić information content (AvgIpc) is 2.23. The Kier molecular flexibility index (Phi) is 1.77. The molecule has 1 aromatic heterocycles. The van der Waals surface area contributed by atoms with Crippen molar-refractivity contribution in [3.05, 3.63) is 40.6 Å². The van der Waals surface area contributed by atoms with Gasteiger partial charge in [0, 0.05) is 17.9 Å². The van der Waals surface area contributed by atoms with Gasteiger partial charge in [-0.05, 0) is 13.0 Å². The van der Waals surface area contributed by atoms with E-state index in [0.717, 1.165) is 9.16 Å². The Morgan fingerprint density at radius 3 is 2.64 bits per heavy atom. The molecule has 2 aromatic rings. The van der Waals surface area contributed by atoms with Crippen LogP contribution in [0, 0.1) is 18.8 Å². The van der Waals surface area contributed by atoms with Gasteiger partial charge in [0.2, 0.25) is 0 Å². The molecule has 0 aliphatic carbocycles. The molecule has 4 nitrogen and oxygen atoms in total. The number of aromatic nitrogens is 2. The molecule has 1 N–H and O–H groups in total. The SMILES string of the molecule is Cc1c(C)[n+](=O)c2ccccc2n1O. The fourth-order valence-corrected chi connectivity index (χ4v) is 1.48. The first-order valence-corrected chi connectivity index (χ1v) is 4.35. The number of para-hydroxylation sites is 2. The Morgan fingerprint density at radius 2 is 1.93 bits per heavy atom. The van der Waals surface area contributed by atoms with Gasteiger partial charge in [-0.2, -0.15) is 4.73 Å². The quantitative estimate of drug-likeness (QED) is 0.505. The third-order valence-corrected chi connectivity index (χ3v) is 2.47. The van der Waals surface area contributed by atoms with Crippen molar-refractivity contribution in [3.8, 4) is 0 Å². The summed E-state index contributed by atoms with van der Waals surface area (Å²) in [4.78, 5) is 11.7. The van der Waals surface area contributed by atoms with Crippen LogP contribution in [0.15, 0.2) is 24.3 Å². The Bertz CT molecular complexity index is 558. The predicted molar refractivity (Wildman–Crippen MR) is 52.0 cm³/mol. The molecule has 4 heteroatoms. The van der Waals surface area contributed by atoms with Crippen LogP contribution in [0.3, 0.4) is 0 Å². The van der Waals surface area contributed by atoms with E-state index in [1.807, 2.05) is 0 Å². The van der Waals surface area contributed by atoms with Gasteiger partial charge in [-0.1, -0.05) is 12.1 Å². The molecule has 0 fully saturated rings. The minimum absolute atomic E-state index is 0.470. The highest BCUT2D eigenvalue weighted by molar-refractivity contribution is 5.71. The highest BCUT2D eigenvalue weighted by atomic mass is 16.5. The molecule has 0 saturated carbocycles. The number of hydrogen-bond donors (Lipinski definition) is 1. The first-order chi connectivity index (χ1) is 6.63. The average molecular weight is 191 g/mol. The van der Waals surface area contributed by atoms with Crippen LogP contribution in [-0.2, 0) is 0 Å². The van der Waals surface area contributed by atoms with Crippen molar-refractivity contribution in [1.29, 1.82) is 0 Å². The van der Waals surface area contributed by atoms with Crippen LogP contribution in [0.1, 0.15) is 11.4 Å². The first-order valence-electron chi connectivity index (χ1n) is 4.35. The zero-order valence-electron chi connectivity index (χ0n) is 8.06. The van der Waals surface area contributed by atoms with Crippen molar-refractivity contribution in [1.82, 2.24) is 4.73 Å². The molecule has 1 aromatic carbocycles. The topological polar surface area (TPSA) is 48.1 Å². The normalized spacial score (nSPS) is 10.7. The minimum atomic E-state index is 0.470. The second kappa shape index (κ2) is 2.83. The van der Waals surface area contributed by atoms with Gasteiger partial charge in [0.1, 0.15) is 5.69 Å². The summed E-state index contributed by atoms with van der Waals surface area (Å²) in [6.45, 7) is 3.39. The Balaban J connectivity index is 3.10. The predicted octanol–water partition coefficient (Wildman–Crippen LogP) is 1.41. The molecule has 0 atom stereocenters. The Labute approximate surface area is 80.6 Å². The van der Waals surface area contributed by atoms with Crippen LogP contribution in [-0.4, -0.2) is 9.94 Å². The lowest BCUT2D eigenvalue weighted by atomic mass is 10.2. The van der Waals surface area contributed by atoms with Gasteiger partial charge in [0.25, 0.3) is 11.2 Å². The van der Waals surface area contributed by atoms with E-state index in [9.17, 15) is 10.1 Å². The largest absolute Gasteiger partial charge is 0.428 e. The van der Waals surface area contributed by atoms with E-state index in [-0.39, 0.29) is 0 Å². The van der Waals surface area contributed by atoms with E-state index in [0.29, 0.717) is 22.4 Å². The molecule has 72 valence electrons. The molecule has 2 rings (SSSR count). The molecule has 1 heterocycles. The maximum atomic E-state index is 11.7. The zero-order chi connectivity index (χ0) is 10.3. The first kappa shape index (κ1) is 8.74. The molecule has 14 heavy (non-hydrogen) atoms. The summed E-state index contributed by atoms with van der Waals surface area (Å²) in [5, 5.41) is 9.73. The highest BCUT2D eigenvalue weighted by Crippen LogP contribution is 2.11. The van der Waals surface area contributed by atoms with Gasteiger partial charge in [-0.3, -0.25) is 0 Å². The third kappa shape index (κ3) is 1.00. The Morgan fingerprint density at radius 1 is 1.29 bits per heavy atom. The number of benzene rings is 1. The fraction of sp³-hybridized carbons (Fsp3) is 0.200. The molecule has 0 aliphatic heterocycles. The summed E-state index contributed by atoms with van der Waals surface area (Å²) in [6, 6.07) is 6.94. The summed E-state index contributed by atoms with van der Waals surface area (Å²) in [7, 11) is 0. The van der Waals surface area contributed by atoms with Crippen molar-refractivity contribution in [3.63, 3.8) is 0 Å². The summed E-state index contributed by atoms with van der Waals surface area (Å²) >= 11 is 0. The maximum Gasteiger partial charge on any atom is 0.290 e. The lowest BCUT2D eigenvalue weighted by Gasteiger charge is -2.03. The summed E-state index contributed by atoms with van der Waals surface area (Å²) in [5.74, 6) is 0. The Hall–Kier alpha value is -1.84. The van der Waals surface area contributed by atoms with E-state index < -0.39 is 0 Å². The molecule has 0 spiro atoms. The fourth-order valence-electron chi connectivity index (χ4n) is 1.48. The van der Waals surface area contributed by atoms with Gasteiger partial charge >= 0.3 is 0 Å². The van der Waals surface area contributed by atoms with E-state index >= 15 is 0 Å². The number of rotatable bonds is 0. The van der Waals surface area contributed by atoms with Gasteiger partial charge in [0.05, 0.1) is 4.43 Å². The smallest absolute Gasteiger partial charge is 0.290 e. The van der Waals surface area contributed by atoms with E-state index in [2.05, 4.69) is 0 Å². The molecular weight excluding hydrogens is 180 g/mol. The van der Waals surface area contributed by atoms with Crippen LogP contribution >= 0.6 is 0 Å². The lowest BCUT2D eigenvalue weighted by Crippen LogP contribution is -2.24. The summed E-state index contributed by atoms with van der Waals surface area (Å²) in [5.41, 5.74) is 2.05. The molecule has 0 radical (unpaired) electrons. The van der Waals surface area contributed by atoms with E-state index in [4.69, 9.17) is 0 Å². The summed E-state index contributed by atoms with van der Waals surface area (Å²) < 4.78 is 1.87. The molecule has 0 bridgehead atoms. The molecular formula is C10H11N2O2+. The summed E-state index contributed by atoms with van der Waals surface area (Å²) in [6.07, 6.45) is 0. The standard InChI is InChI=1S/C10H11N2O2/c1-7-8(2)12(14)10-6-4-3-5-9(10)11(7)13/h3-6,13H,1-2H3/q+1. The van der Waals surface area contributed by atoms with Crippen molar-refractivity contribution in [2.75, 3.05) is 0 Å². The van der Waals surface area contributed by atoms with Crippen LogP contribution in [0.5, 0.6) is 0 Å². The van der Waals surface area contributed by atoms with Crippen LogP contribution in [0.2, 0.25) is 0 Å². The second-order valence-corrected chi connectivity index (χ2v) is 3.27. The van der Waals surface area contributed by atoms with Crippen LogP contribution in [0.4, 0.5) is 0 Å². The zero-order valence-corrected chi connectivity index (χ0v) is 8.06. The van der Waals surface area contributed by atoms with Crippen molar-refractivity contribution in [2.24, 2.45) is 0 Å². The monoisotopic (exact) mass is 191 g/mol. The third-order valence-electron chi connectivity index (χ3n) is 2.47. The lowest BCUT2D eigenvalue weighted by molar-refractivity contribution is -0.474. The molecule has 0 unspecified atom stereocenters. The van der Waals surface area contributed by atoms with Gasteiger partial charge in [-0.15, -0.1) is 0 Å². The number of fused-ring (bicyclic) bond motifs is 1. The highest BCUT2D eigenvalue weighted by Gasteiger charge is 2.17. The number of hydrogen-bond acceptors (Lipinski definition) is 2. The van der Waals surface area contributed by atoms with E-state index in [1.165, 1.54) is 0 Å². The van der Waals surface area contributed by atoms with Crippen LogP contribution < -0.4 is 4.43 Å². The second-order valence-electron chi connectivity index (χ2n) is 3.27. The molecule has 0 aliphatic rings.